The number of amides is 2. The molecule has 28 heavy (non-hydrogen) atoms. The van der Waals surface area contributed by atoms with E-state index in [0.29, 0.717) is 11.7 Å². The summed E-state index contributed by atoms with van der Waals surface area (Å²) in [4.78, 5) is 31.7. The smallest absolute Gasteiger partial charge is 0.407 e. The Morgan fingerprint density at radius 3 is 2.64 bits per heavy atom. The molecule has 0 atom stereocenters. The minimum atomic E-state index is -0.537. The fraction of sp³-hybridized carbons (Fsp3) is 0.300. The summed E-state index contributed by atoms with van der Waals surface area (Å²) in [6.07, 6.45) is 3.02. The van der Waals surface area contributed by atoms with Crippen molar-refractivity contribution in [2.45, 2.75) is 39.8 Å². The van der Waals surface area contributed by atoms with Crippen molar-refractivity contribution in [2.24, 2.45) is 0 Å². The van der Waals surface area contributed by atoms with E-state index in [1.807, 2.05) is 45.0 Å². The lowest BCUT2D eigenvalue weighted by Crippen LogP contribution is -2.32. The first kappa shape index (κ1) is 19.8. The zero-order valence-electron chi connectivity index (χ0n) is 16.2. The van der Waals surface area contributed by atoms with Crippen molar-refractivity contribution < 1.29 is 14.3 Å². The number of carbonyl (C=O) groups is 2. The van der Waals surface area contributed by atoms with Crippen molar-refractivity contribution in [3.05, 3.63) is 42.2 Å². The molecule has 1 aromatic carbocycles. The minimum Gasteiger partial charge on any atom is -0.444 e. The van der Waals surface area contributed by atoms with Gasteiger partial charge in [0.1, 0.15) is 5.60 Å². The topological polar surface area (TPSA) is 93.2 Å². The van der Waals surface area contributed by atoms with E-state index in [0.717, 1.165) is 26.9 Å². The summed E-state index contributed by atoms with van der Waals surface area (Å²) < 4.78 is 6.22. The van der Waals surface area contributed by atoms with Crippen LogP contribution < -0.4 is 10.6 Å². The summed E-state index contributed by atoms with van der Waals surface area (Å²) in [5.74, 6) is -0.145. The molecule has 0 radical (unpaired) electrons. The fourth-order valence-electron chi connectivity index (χ4n) is 2.54. The van der Waals surface area contributed by atoms with E-state index in [9.17, 15) is 9.59 Å². The number of hydrogen-bond donors (Lipinski definition) is 2. The predicted molar refractivity (Wildman–Crippen MR) is 110 cm³/mol. The number of aromatic nitrogens is 2. The van der Waals surface area contributed by atoms with Crippen molar-refractivity contribution in [1.29, 1.82) is 0 Å². The van der Waals surface area contributed by atoms with E-state index in [1.165, 1.54) is 18.3 Å². The molecule has 7 nitrogen and oxygen atoms in total. The molecule has 2 amide bonds. The van der Waals surface area contributed by atoms with Crippen molar-refractivity contribution in [1.82, 2.24) is 15.3 Å². The number of thiazole rings is 1. The molecule has 0 aliphatic rings. The molecule has 0 aliphatic heterocycles. The van der Waals surface area contributed by atoms with Crippen molar-refractivity contribution in [3.8, 4) is 11.1 Å². The lowest BCUT2D eigenvalue weighted by Gasteiger charge is -2.19. The molecule has 2 N–H and O–H groups in total. The number of nitrogens with zero attached hydrogens (tertiary/aromatic N) is 2. The van der Waals surface area contributed by atoms with Gasteiger partial charge in [-0.05, 0) is 50.1 Å². The van der Waals surface area contributed by atoms with Gasteiger partial charge in [0.2, 0.25) is 5.91 Å². The van der Waals surface area contributed by atoms with Gasteiger partial charge in [-0.15, -0.1) is 0 Å². The molecule has 8 heteroatoms. The molecule has 0 saturated heterocycles. The van der Waals surface area contributed by atoms with Crippen LogP contribution in [-0.4, -0.2) is 27.6 Å². The van der Waals surface area contributed by atoms with Crippen LogP contribution in [0.4, 0.5) is 9.93 Å². The SMILES string of the molecule is CC(=O)Nc1nc2ccc(-c3cncc(CNC(=O)OC(C)(C)C)c3)cc2s1. The van der Waals surface area contributed by atoms with Crippen molar-refractivity contribution >= 4 is 38.7 Å². The predicted octanol–water partition coefficient (Wildman–Crippen LogP) is 4.34. The minimum absolute atomic E-state index is 0.145. The van der Waals surface area contributed by atoms with Gasteiger partial charge in [0, 0.05) is 31.4 Å². The van der Waals surface area contributed by atoms with Crippen molar-refractivity contribution in [2.75, 3.05) is 5.32 Å². The van der Waals surface area contributed by atoms with Gasteiger partial charge in [0.05, 0.1) is 10.2 Å². The first-order valence-electron chi connectivity index (χ1n) is 8.79. The molecule has 0 unspecified atom stereocenters. The average molecular weight is 398 g/mol. The molecule has 0 saturated carbocycles. The highest BCUT2D eigenvalue weighted by molar-refractivity contribution is 7.22. The highest BCUT2D eigenvalue weighted by atomic mass is 32.1. The molecule has 0 spiro atoms. The highest BCUT2D eigenvalue weighted by Crippen LogP contribution is 2.30. The van der Waals surface area contributed by atoms with E-state index < -0.39 is 11.7 Å². The Morgan fingerprint density at radius 2 is 1.93 bits per heavy atom. The summed E-state index contributed by atoms with van der Waals surface area (Å²) in [5.41, 5.74) is 3.07. The van der Waals surface area contributed by atoms with Crippen molar-refractivity contribution in [3.63, 3.8) is 0 Å². The van der Waals surface area contributed by atoms with Gasteiger partial charge in [-0.1, -0.05) is 17.4 Å². The number of pyridine rings is 1. The zero-order valence-corrected chi connectivity index (χ0v) is 17.0. The molecule has 3 rings (SSSR count). The fourth-order valence-corrected chi connectivity index (χ4v) is 3.49. The maximum absolute atomic E-state index is 11.8. The second-order valence-corrected chi connectivity index (χ2v) is 8.35. The normalized spacial score (nSPS) is 11.3. The average Bonchev–Trinajstić information content (AvgIpc) is 2.99. The third kappa shape index (κ3) is 5.26. The Hall–Kier alpha value is -3.00. The van der Waals surface area contributed by atoms with E-state index in [4.69, 9.17) is 4.74 Å². The number of alkyl carbamates (subject to hydrolysis) is 1. The van der Waals surface area contributed by atoms with E-state index in [1.54, 1.807) is 12.4 Å². The molecule has 0 aliphatic carbocycles. The molecule has 2 heterocycles. The van der Waals surface area contributed by atoms with Gasteiger partial charge in [0.15, 0.2) is 5.13 Å². The standard InChI is InChI=1S/C20H22N4O3S/c1-12(25)23-18-24-16-6-5-14(8-17(16)28-18)15-7-13(9-21-11-15)10-22-19(26)27-20(2,3)4/h5-9,11H,10H2,1-4H3,(H,22,26)(H,23,24,25). The van der Waals surface area contributed by atoms with E-state index in [-0.39, 0.29) is 5.91 Å². The third-order valence-electron chi connectivity index (χ3n) is 3.64. The Morgan fingerprint density at radius 1 is 1.14 bits per heavy atom. The van der Waals surface area contributed by atoms with Crippen LogP contribution in [0.2, 0.25) is 0 Å². The first-order chi connectivity index (χ1) is 13.2. The number of ether oxygens (including phenoxy) is 1. The van der Waals surface area contributed by atoms with Gasteiger partial charge >= 0.3 is 6.09 Å². The summed E-state index contributed by atoms with van der Waals surface area (Å²) in [7, 11) is 0. The molecule has 0 fully saturated rings. The maximum Gasteiger partial charge on any atom is 0.407 e. The van der Waals surface area contributed by atoms with Crippen LogP contribution in [-0.2, 0) is 16.1 Å². The number of benzene rings is 1. The van der Waals surface area contributed by atoms with Gasteiger partial charge in [-0.25, -0.2) is 9.78 Å². The molecule has 3 aromatic rings. The van der Waals surface area contributed by atoms with E-state index >= 15 is 0 Å². The van der Waals surface area contributed by atoms with Crippen LogP contribution in [0.5, 0.6) is 0 Å². The molecular weight excluding hydrogens is 376 g/mol. The van der Waals surface area contributed by atoms with Gasteiger partial charge in [0.25, 0.3) is 0 Å². The maximum atomic E-state index is 11.8. The summed E-state index contributed by atoms with van der Waals surface area (Å²) in [6, 6.07) is 7.86. The van der Waals surface area contributed by atoms with Crippen LogP contribution >= 0.6 is 11.3 Å². The zero-order chi connectivity index (χ0) is 20.3. The lowest BCUT2D eigenvalue weighted by molar-refractivity contribution is -0.114. The van der Waals surface area contributed by atoms with Crippen LogP contribution in [0, 0.1) is 0 Å². The van der Waals surface area contributed by atoms with Gasteiger partial charge in [-0.2, -0.15) is 0 Å². The number of hydrogen-bond acceptors (Lipinski definition) is 6. The Bertz CT molecular complexity index is 1020. The van der Waals surface area contributed by atoms with Gasteiger partial charge in [-0.3, -0.25) is 9.78 Å². The summed E-state index contributed by atoms with van der Waals surface area (Å²) in [5, 5.41) is 6.02. The first-order valence-corrected chi connectivity index (χ1v) is 9.60. The number of carbonyl (C=O) groups excluding carboxylic acids is 2. The van der Waals surface area contributed by atoms with Crippen LogP contribution in [0.3, 0.4) is 0 Å². The summed E-state index contributed by atoms with van der Waals surface area (Å²) >= 11 is 1.42. The monoisotopic (exact) mass is 398 g/mol. The summed E-state index contributed by atoms with van der Waals surface area (Å²) in [6.45, 7) is 7.25. The Balaban J connectivity index is 1.76. The van der Waals surface area contributed by atoms with Crippen LogP contribution in [0.1, 0.15) is 33.3 Å². The molecule has 2 aromatic heterocycles. The van der Waals surface area contributed by atoms with E-state index in [2.05, 4.69) is 20.6 Å². The van der Waals surface area contributed by atoms with Gasteiger partial charge < -0.3 is 15.4 Å². The number of fused-ring (bicyclic) bond motifs is 1. The number of anilines is 1. The quantitative estimate of drug-likeness (QED) is 0.682. The Kier molecular flexibility index (Phi) is 5.60. The molecule has 146 valence electrons. The largest absolute Gasteiger partial charge is 0.444 e. The molecular formula is C20H22N4O3S. The third-order valence-corrected chi connectivity index (χ3v) is 4.57. The second-order valence-electron chi connectivity index (χ2n) is 7.32. The second kappa shape index (κ2) is 7.93. The number of nitrogens with one attached hydrogen (secondary N) is 2. The lowest BCUT2D eigenvalue weighted by atomic mass is 10.1. The highest BCUT2D eigenvalue weighted by Gasteiger charge is 2.15. The van der Waals surface area contributed by atoms with Crippen LogP contribution in [0.15, 0.2) is 36.7 Å². The van der Waals surface area contributed by atoms with Crippen LogP contribution in [0.25, 0.3) is 21.3 Å². The molecule has 0 bridgehead atoms. The number of rotatable bonds is 4. The Labute approximate surface area is 167 Å².